The topological polar surface area (TPSA) is 83.0 Å². The van der Waals surface area contributed by atoms with Crippen LogP contribution < -0.4 is 0 Å². The first kappa shape index (κ1) is 17.2. The largest absolute Gasteiger partial charge is 0.467 e. The molecule has 0 unspecified atom stereocenters. The summed E-state index contributed by atoms with van der Waals surface area (Å²) in [6.45, 7) is 4.12. The van der Waals surface area contributed by atoms with E-state index >= 15 is 0 Å². The maximum atomic E-state index is 11.8. The molecule has 0 amide bonds. The summed E-state index contributed by atoms with van der Waals surface area (Å²) in [7, 11) is 0. The van der Waals surface area contributed by atoms with Gasteiger partial charge in [0.25, 0.3) is 0 Å². The highest BCUT2D eigenvalue weighted by Crippen LogP contribution is 2.25. The van der Waals surface area contributed by atoms with Gasteiger partial charge in [0.05, 0.1) is 24.7 Å². The minimum absolute atomic E-state index is 0.138. The van der Waals surface area contributed by atoms with Crippen LogP contribution in [0.2, 0.25) is 0 Å². The van der Waals surface area contributed by atoms with Crippen LogP contribution in [0.3, 0.4) is 0 Å². The van der Waals surface area contributed by atoms with Gasteiger partial charge in [-0.2, -0.15) is 0 Å². The van der Waals surface area contributed by atoms with Gasteiger partial charge in [-0.05, 0) is 38.1 Å². The average molecular weight is 358 g/mol. The van der Waals surface area contributed by atoms with Crippen LogP contribution in [0.5, 0.6) is 0 Å². The molecule has 3 rings (SSSR count). The van der Waals surface area contributed by atoms with Gasteiger partial charge in [-0.1, -0.05) is 11.8 Å². The van der Waals surface area contributed by atoms with Crippen molar-refractivity contribution in [1.29, 1.82) is 0 Å². The number of hydrogen-bond donors (Lipinski definition) is 0. The van der Waals surface area contributed by atoms with Crippen LogP contribution in [0.25, 0.3) is 11.4 Å². The van der Waals surface area contributed by atoms with Crippen LogP contribution >= 0.6 is 11.8 Å². The van der Waals surface area contributed by atoms with Gasteiger partial charge in [0.15, 0.2) is 11.0 Å². The first-order chi connectivity index (χ1) is 12.1. The second-order valence-corrected chi connectivity index (χ2v) is 6.48. The van der Waals surface area contributed by atoms with Gasteiger partial charge in [-0.15, -0.1) is 10.2 Å². The number of hydrogen-bond acceptors (Lipinski definition) is 7. The number of thioether (sulfide) groups is 1. The lowest BCUT2D eigenvalue weighted by Crippen LogP contribution is -2.14. The molecule has 0 radical (unpaired) electrons. The standard InChI is InChI=1S/C17H18N4O3S/c1-12(2)24-15(22)11-25-17-20-19-16(13-5-7-18-8-6-13)21(17)10-14-4-3-9-23-14/h3-9,12H,10-11H2,1-2H3. The van der Waals surface area contributed by atoms with Gasteiger partial charge in [0.1, 0.15) is 5.76 Å². The van der Waals surface area contributed by atoms with Crippen LogP contribution in [-0.4, -0.2) is 37.6 Å². The molecule has 7 nitrogen and oxygen atoms in total. The Morgan fingerprint density at radius 2 is 2.08 bits per heavy atom. The molecule has 3 aromatic heterocycles. The predicted octanol–water partition coefficient (Wildman–Crippen LogP) is 3.03. The lowest BCUT2D eigenvalue weighted by Gasteiger charge is -2.09. The molecule has 0 atom stereocenters. The van der Waals surface area contributed by atoms with E-state index in [0.717, 1.165) is 11.3 Å². The third kappa shape index (κ3) is 4.48. The van der Waals surface area contributed by atoms with E-state index in [-0.39, 0.29) is 17.8 Å². The minimum atomic E-state index is -0.280. The fourth-order valence-electron chi connectivity index (χ4n) is 2.23. The van der Waals surface area contributed by atoms with Gasteiger partial charge in [-0.25, -0.2) is 0 Å². The molecule has 0 spiro atoms. The van der Waals surface area contributed by atoms with Crippen LogP contribution in [0.15, 0.2) is 52.5 Å². The molecule has 0 aliphatic carbocycles. The number of rotatable bonds is 7. The molecular weight excluding hydrogens is 340 g/mol. The van der Waals surface area contributed by atoms with E-state index in [2.05, 4.69) is 15.2 Å². The molecule has 0 saturated heterocycles. The Bertz CT molecular complexity index is 816. The first-order valence-electron chi connectivity index (χ1n) is 7.81. The number of carbonyl (C=O) groups is 1. The number of pyridine rings is 1. The van der Waals surface area contributed by atoms with Gasteiger partial charge in [0.2, 0.25) is 0 Å². The van der Waals surface area contributed by atoms with E-state index < -0.39 is 0 Å². The molecule has 0 aliphatic rings. The Morgan fingerprint density at radius 3 is 2.76 bits per heavy atom. The quantitative estimate of drug-likeness (QED) is 0.474. The van der Waals surface area contributed by atoms with Gasteiger partial charge in [-0.3, -0.25) is 14.3 Å². The van der Waals surface area contributed by atoms with Crippen molar-refractivity contribution in [2.45, 2.75) is 31.7 Å². The molecule has 0 N–H and O–H groups in total. The summed E-state index contributed by atoms with van der Waals surface area (Å²) in [4.78, 5) is 15.8. The summed E-state index contributed by atoms with van der Waals surface area (Å²) in [5, 5.41) is 9.14. The lowest BCUT2D eigenvalue weighted by atomic mass is 10.2. The summed E-state index contributed by atoms with van der Waals surface area (Å²) in [5.74, 6) is 1.36. The van der Waals surface area contributed by atoms with E-state index in [0.29, 0.717) is 17.5 Å². The van der Waals surface area contributed by atoms with Crippen molar-refractivity contribution in [3.63, 3.8) is 0 Å². The maximum Gasteiger partial charge on any atom is 0.316 e. The maximum absolute atomic E-state index is 11.8. The fourth-order valence-corrected chi connectivity index (χ4v) is 2.95. The third-order valence-electron chi connectivity index (χ3n) is 3.24. The van der Waals surface area contributed by atoms with Gasteiger partial charge < -0.3 is 9.15 Å². The zero-order valence-electron chi connectivity index (χ0n) is 14.0. The summed E-state index contributed by atoms with van der Waals surface area (Å²) in [6, 6.07) is 7.45. The molecular formula is C17H18N4O3S. The van der Waals surface area contributed by atoms with Crippen molar-refractivity contribution in [1.82, 2.24) is 19.7 Å². The normalized spacial score (nSPS) is 11.0. The number of esters is 1. The molecule has 25 heavy (non-hydrogen) atoms. The lowest BCUT2D eigenvalue weighted by molar-refractivity contribution is -0.144. The second kappa shape index (κ2) is 7.98. The van der Waals surface area contributed by atoms with E-state index in [4.69, 9.17) is 9.15 Å². The molecule has 0 aliphatic heterocycles. The van der Waals surface area contributed by atoms with Gasteiger partial charge >= 0.3 is 5.97 Å². The van der Waals surface area contributed by atoms with Crippen molar-refractivity contribution < 1.29 is 13.9 Å². The Labute approximate surface area is 149 Å². The highest BCUT2D eigenvalue weighted by atomic mass is 32.2. The zero-order valence-corrected chi connectivity index (χ0v) is 14.8. The van der Waals surface area contributed by atoms with E-state index in [1.807, 2.05) is 42.7 Å². The molecule has 0 aromatic carbocycles. The Morgan fingerprint density at radius 1 is 1.28 bits per heavy atom. The van der Waals surface area contributed by atoms with E-state index in [9.17, 15) is 4.79 Å². The Balaban J connectivity index is 1.84. The van der Waals surface area contributed by atoms with Crippen molar-refractivity contribution in [2.75, 3.05) is 5.75 Å². The summed E-state index contributed by atoms with van der Waals surface area (Å²) in [5.41, 5.74) is 0.894. The predicted molar refractivity (Wildman–Crippen MR) is 93.0 cm³/mol. The summed E-state index contributed by atoms with van der Waals surface area (Å²) < 4.78 is 12.5. The molecule has 0 fully saturated rings. The third-order valence-corrected chi connectivity index (χ3v) is 4.18. The average Bonchev–Trinajstić information content (AvgIpc) is 3.24. The van der Waals surface area contributed by atoms with E-state index in [1.165, 1.54) is 11.8 Å². The number of furan rings is 1. The first-order valence-corrected chi connectivity index (χ1v) is 8.80. The highest BCUT2D eigenvalue weighted by molar-refractivity contribution is 7.99. The molecule has 3 aromatic rings. The van der Waals surface area contributed by atoms with Gasteiger partial charge in [0, 0.05) is 18.0 Å². The molecule has 8 heteroatoms. The number of ether oxygens (including phenoxy) is 1. The summed E-state index contributed by atoms with van der Waals surface area (Å²) in [6.07, 6.45) is 4.89. The monoisotopic (exact) mass is 358 g/mol. The number of carbonyl (C=O) groups excluding carboxylic acids is 1. The fraction of sp³-hybridized carbons (Fsp3) is 0.294. The SMILES string of the molecule is CC(C)OC(=O)CSc1nnc(-c2ccncc2)n1Cc1ccco1. The number of nitrogens with zero attached hydrogens (tertiary/aromatic N) is 4. The van der Waals surface area contributed by atoms with Crippen molar-refractivity contribution in [3.05, 3.63) is 48.7 Å². The summed E-state index contributed by atoms with van der Waals surface area (Å²) >= 11 is 1.29. The zero-order chi connectivity index (χ0) is 17.6. The minimum Gasteiger partial charge on any atom is -0.467 e. The smallest absolute Gasteiger partial charge is 0.316 e. The molecule has 0 saturated carbocycles. The van der Waals surface area contributed by atoms with Crippen LogP contribution in [0.4, 0.5) is 0 Å². The Kier molecular flexibility index (Phi) is 5.49. The van der Waals surface area contributed by atoms with Crippen LogP contribution in [0.1, 0.15) is 19.6 Å². The van der Waals surface area contributed by atoms with Crippen molar-refractivity contribution in [2.24, 2.45) is 0 Å². The molecule has 3 heterocycles. The van der Waals surface area contributed by atoms with E-state index in [1.54, 1.807) is 18.7 Å². The molecule has 0 bridgehead atoms. The Hall–Kier alpha value is -2.61. The highest BCUT2D eigenvalue weighted by Gasteiger charge is 2.17. The van der Waals surface area contributed by atoms with Crippen molar-refractivity contribution in [3.8, 4) is 11.4 Å². The number of aromatic nitrogens is 4. The van der Waals surface area contributed by atoms with Crippen LogP contribution in [-0.2, 0) is 16.1 Å². The van der Waals surface area contributed by atoms with Crippen LogP contribution in [0, 0.1) is 0 Å². The van der Waals surface area contributed by atoms with Crippen molar-refractivity contribution >= 4 is 17.7 Å². The second-order valence-electron chi connectivity index (χ2n) is 5.53. The molecule has 130 valence electrons.